The molecule has 0 bridgehead atoms. The molecule has 0 aromatic heterocycles. The Balaban J connectivity index is 2.84. The van der Waals surface area contributed by atoms with Crippen molar-refractivity contribution < 1.29 is 14.3 Å². The number of nitrogens with one attached hydrogen (secondary N) is 1. The average molecular weight is 275 g/mol. The minimum absolute atomic E-state index is 0.251. The molecule has 0 saturated carbocycles. The zero-order valence-electron chi connectivity index (χ0n) is 11.7. The first-order chi connectivity index (χ1) is 9.47. The molecule has 0 spiro atoms. The maximum atomic E-state index is 11.6. The highest BCUT2D eigenvalue weighted by Gasteiger charge is 2.22. The lowest BCUT2D eigenvalue weighted by molar-refractivity contribution is -0.144. The van der Waals surface area contributed by atoms with Gasteiger partial charge in [0.15, 0.2) is 0 Å². The molecule has 0 aliphatic heterocycles. The van der Waals surface area contributed by atoms with Crippen LogP contribution in [0.25, 0.3) is 0 Å². The van der Waals surface area contributed by atoms with Crippen LogP contribution in [0.2, 0.25) is 0 Å². The van der Waals surface area contributed by atoms with Crippen molar-refractivity contribution in [2.75, 3.05) is 25.6 Å². The Morgan fingerprint density at radius 3 is 2.75 bits per heavy atom. The van der Waals surface area contributed by atoms with E-state index < -0.39 is 12.0 Å². The van der Waals surface area contributed by atoms with E-state index in [4.69, 9.17) is 5.26 Å². The minimum Gasteiger partial charge on any atom is -0.467 e. The van der Waals surface area contributed by atoms with E-state index in [-0.39, 0.29) is 12.5 Å². The van der Waals surface area contributed by atoms with Crippen LogP contribution in [-0.2, 0) is 14.3 Å². The molecule has 6 nitrogen and oxygen atoms in total. The molecule has 1 atom stereocenters. The zero-order chi connectivity index (χ0) is 15.1. The summed E-state index contributed by atoms with van der Waals surface area (Å²) in [7, 11) is 3.04. The lowest BCUT2D eigenvalue weighted by atomic mass is 10.2. The number of ether oxygens (including phenoxy) is 1. The number of amides is 1. The van der Waals surface area contributed by atoms with Crippen LogP contribution in [0.3, 0.4) is 0 Å². The number of nitrogens with zero attached hydrogens (tertiary/aromatic N) is 2. The zero-order valence-corrected chi connectivity index (χ0v) is 11.7. The Kier molecular flexibility index (Phi) is 5.54. The third-order valence-electron chi connectivity index (χ3n) is 2.74. The first-order valence-corrected chi connectivity index (χ1v) is 6.04. The molecule has 0 aliphatic rings. The predicted molar refractivity (Wildman–Crippen MR) is 74.0 cm³/mol. The van der Waals surface area contributed by atoms with Gasteiger partial charge in [-0.2, -0.15) is 5.26 Å². The molecule has 0 aliphatic carbocycles. The van der Waals surface area contributed by atoms with Gasteiger partial charge in [0.05, 0.1) is 18.7 Å². The monoisotopic (exact) mass is 275 g/mol. The summed E-state index contributed by atoms with van der Waals surface area (Å²) >= 11 is 0. The van der Waals surface area contributed by atoms with Gasteiger partial charge in [-0.3, -0.25) is 4.79 Å². The third-order valence-corrected chi connectivity index (χ3v) is 2.74. The third kappa shape index (κ3) is 4.28. The van der Waals surface area contributed by atoms with Gasteiger partial charge < -0.3 is 15.0 Å². The Bertz CT molecular complexity index is 537. The summed E-state index contributed by atoms with van der Waals surface area (Å²) < 4.78 is 4.66. The van der Waals surface area contributed by atoms with Gasteiger partial charge in [-0.15, -0.1) is 0 Å². The number of likely N-dealkylation sites (N-methyl/N-ethyl adjacent to an activating group) is 1. The van der Waals surface area contributed by atoms with E-state index in [1.807, 2.05) is 6.07 Å². The number of anilines is 1. The minimum atomic E-state index is -0.756. The van der Waals surface area contributed by atoms with Gasteiger partial charge in [-0.1, -0.05) is 6.07 Å². The predicted octanol–water partition coefficient (Wildman–Crippen LogP) is 0.672. The molecule has 1 aromatic rings. The van der Waals surface area contributed by atoms with E-state index in [1.54, 1.807) is 30.1 Å². The van der Waals surface area contributed by atoms with Gasteiger partial charge in [0, 0.05) is 26.2 Å². The number of esters is 1. The van der Waals surface area contributed by atoms with Crippen LogP contribution >= 0.6 is 0 Å². The molecule has 0 saturated heterocycles. The highest BCUT2D eigenvalue weighted by Crippen LogP contribution is 2.14. The SMILES string of the molecule is COC(=O)C(CN(C)c1cccc(C#N)c1)NC(C)=O. The normalized spacial score (nSPS) is 11.1. The highest BCUT2D eigenvalue weighted by atomic mass is 16.5. The van der Waals surface area contributed by atoms with Crippen LogP contribution in [0.4, 0.5) is 5.69 Å². The van der Waals surface area contributed by atoms with Crippen LogP contribution in [0.15, 0.2) is 24.3 Å². The van der Waals surface area contributed by atoms with Crippen molar-refractivity contribution in [2.24, 2.45) is 0 Å². The summed E-state index contributed by atoms with van der Waals surface area (Å²) in [6.07, 6.45) is 0. The fraction of sp³-hybridized carbons (Fsp3) is 0.357. The maximum absolute atomic E-state index is 11.6. The first-order valence-electron chi connectivity index (χ1n) is 6.04. The number of hydrogen-bond acceptors (Lipinski definition) is 5. The fourth-order valence-corrected chi connectivity index (χ4v) is 1.76. The Morgan fingerprint density at radius 2 is 2.20 bits per heavy atom. The molecule has 106 valence electrons. The van der Waals surface area contributed by atoms with Crippen molar-refractivity contribution in [2.45, 2.75) is 13.0 Å². The number of hydrogen-bond donors (Lipinski definition) is 1. The van der Waals surface area contributed by atoms with Crippen LogP contribution < -0.4 is 10.2 Å². The maximum Gasteiger partial charge on any atom is 0.330 e. The van der Waals surface area contributed by atoms with E-state index in [1.165, 1.54) is 14.0 Å². The molecule has 0 fully saturated rings. The second-order valence-electron chi connectivity index (χ2n) is 4.32. The summed E-state index contributed by atoms with van der Waals surface area (Å²) in [6, 6.07) is 8.29. The van der Waals surface area contributed by atoms with Gasteiger partial charge in [0.2, 0.25) is 5.91 Å². The molecule has 1 aromatic carbocycles. The number of nitriles is 1. The van der Waals surface area contributed by atoms with Gasteiger partial charge in [0.1, 0.15) is 6.04 Å². The molecule has 0 radical (unpaired) electrons. The van der Waals surface area contributed by atoms with E-state index in [0.717, 1.165) is 5.69 Å². The summed E-state index contributed by atoms with van der Waals surface area (Å²) in [5.41, 5.74) is 1.31. The largest absolute Gasteiger partial charge is 0.467 e. The van der Waals surface area contributed by atoms with E-state index in [0.29, 0.717) is 5.56 Å². The lowest BCUT2D eigenvalue weighted by Gasteiger charge is -2.24. The Hall–Kier alpha value is -2.55. The van der Waals surface area contributed by atoms with Gasteiger partial charge >= 0.3 is 5.97 Å². The van der Waals surface area contributed by atoms with Gasteiger partial charge in [-0.05, 0) is 18.2 Å². The average Bonchev–Trinajstić information content (AvgIpc) is 2.45. The first kappa shape index (κ1) is 15.5. The topological polar surface area (TPSA) is 82.4 Å². The molecule has 1 amide bonds. The molecular formula is C14H17N3O3. The molecular weight excluding hydrogens is 258 g/mol. The van der Waals surface area contributed by atoms with Crippen LogP contribution in [-0.4, -0.2) is 38.6 Å². The number of carbonyl (C=O) groups is 2. The van der Waals surface area contributed by atoms with Crippen molar-refractivity contribution in [1.82, 2.24) is 5.32 Å². The quantitative estimate of drug-likeness (QED) is 0.799. The van der Waals surface area contributed by atoms with Crippen LogP contribution in [0, 0.1) is 11.3 Å². The van der Waals surface area contributed by atoms with E-state index in [2.05, 4.69) is 16.1 Å². The number of rotatable bonds is 5. The van der Waals surface area contributed by atoms with Crippen molar-refractivity contribution in [1.29, 1.82) is 5.26 Å². The molecule has 1 N–H and O–H groups in total. The molecule has 6 heteroatoms. The Morgan fingerprint density at radius 1 is 1.50 bits per heavy atom. The molecule has 20 heavy (non-hydrogen) atoms. The lowest BCUT2D eigenvalue weighted by Crippen LogP contribution is -2.47. The van der Waals surface area contributed by atoms with Crippen molar-refractivity contribution in [3.05, 3.63) is 29.8 Å². The summed E-state index contributed by atoms with van der Waals surface area (Å²) in [5.74, 6) is -0.817. The number of carbonyl (C=O) groups excluding carboxylic acids is 2. The van der Waals surface area contributed by atoms with Gasteiger partial charge in [-0.25, -0.2) is 4.79 Å². The van der Waals surface area contributed by atoms with Crippen molar-refractivity contribution in [3.63, 3.8) is 0 Å². The van der Waals surface area contributed by atoms with Crippen molar-refractivity contribution >= 4 is 17.6 Å². The van der Waals surface area contributed by atoms with Crippen LogP contribution in [0.5, 0.6) is 0 Å². The van der Waals surface area contributed by atoms with Crippen molar-refractivity contribution in [3.8, 4) is 6.07 Å². The standard InChI is InChI=1S/C14H17N3O3/c1-10(18)16-13(14(19)20-3)9-17(2)12-6-4-5-11(7-12)8-15/h4-7,13H,9H2,1-3H3,(H,16,18). The summed E-state index contributed by atoms with van der Waals surface area (Å²) in [6.45, 7) is 1.59. The summed E-state index contributed by atoms with van der Waals surface area (Å²) in [5, 5.41) is 11.4. The second-order valence-corrected chi connectivity index (χ2v) is 4.32. The molecule has 1 unspecified atom stereocenters. The summed E-state index contributed by atoms with van der Waals surface area (Å²) in [4.78, 5) is 24.5. The number of methoxy groups -OCH3 is 1. The second kappa shape index (κ2) is 7.14. The van der Waals surface area contributed by atoms with E-state index >= 15 is 0 Å². The molecule has 1 rings (SSSR count). The van der Waals surface area contributed by atoms with Gasteiger partial charge in [0.25, 0.3) is 0 Å². The Labute approximate surface area is 117 Å². The molecule has 0 heterocycles. The number of benzene rings is 1. The van der Waals surface area contributed by atoms with E-state index in [9.17, 15) is 9.59 Å². The fourth-order valence-electron chi connectivity index (χ4n) is 1.76. The highest BCUT2D eigenvalue weighted by molar-refractivity contribution is 5.83. The van der Waals surface area contributed by atoms with Crippen LogP contribution in [0.1, 0.15) is 12.5 Å². The smallest absolute Gasteiger partial charge is 0.330 e.